The molecule has 2 N–H and O–H groups in total. The van der Waals surface area contributed by atoms with Crippen LogP contribution in [0.2, 0.25) is 0 Å². The maximum absolute atomic E-state index is 11.7. The van der Waals surface area contributed by atoms with Gasteiger partial charge < -0.3 is 9.73 Å². The monoisotopic (exact) mass is 266 g/mol. The van der Waals surface area contributed by atoms with Crippen LogP contribution in [0.25, 0.3) is 0 Å². The van der Waals surface area contributed by atoms with Gasteiger partial charge in [0.1, 0.15) is 11.6 Å². The van der Waals surface area contributed by atoms with Gasteiger partial charge in [-0.1, -0.05) is 11.3 Å². The molecular formula is C10H10N4O3S. The van der Waals surface area contributed by atoms with Gasteiger partial charge in [0.25, 0.3) is 5.91 Å². The fourth-order valence-electron chi connectivity index (χ4n) is 1.18. The minimum absolute atomic E-state index is 0.158. The van der Waals surface area contributed by atoms with E-state index in [0.29, 0.717) is 5.13 Å². The Balaban J connectivity index is 1.89. The highest BCUT2D eigenvalue weighted by Crippen LogP contribution is 2.08. The molecule has 18 heavy (non-hydrogen) atoms. The standard InChI is InChI=1S/C10H10N4O3S/c1-6(8(15)13-10-14-11-5-18-10)12-9(16)7-3-2-4-17-7/h2-6H,1H3,(H,12,16)(H,13,14,15)/t6-/m0/s1. The smallest absolute Gasteiger partial charge is 0.287 e. The summed E-state index contributed by atoms with van der Waals surface area (Å²) >= 11 is 1.20. The third-order valence-corrected chi connectivity index (χ3v) is 2.68. The highest BCUT2D eigenvalue weighted by molar-refractivity contribution is 7.13. The van der Waals surface area contributed by atoms with E-state index in [1.54, 1.807) is 13.0 Å². The molecule has 0 saturated heterocycles. The van der Waals surface area contributed by atoms with Crippen molar-refractivity contribution in [3.8, 4) is 0 Å². The summed E-state index contributed by atoms with van der Waals surface area (Å²) in [6.07, 6.45) is 1.39. The van der Waals surface area contributed by atoms with E-state index in [9.17, 15) is 9.59 Å². The first kappa shape index (κ1) is 12.2. The lowest BCUT2D eigenvalue weighted by Crippen LogP contribution is -2.41. The number of furan rings is 1. The van der Waals surface area contributed by atoms with Crippen LogP contribution in [0.3, 0.4) is 0 Å². The molecule has 2 aromatic heterocycles. The van der Waals surface area contributed by atoms with E-state index in [2.05, 4.69) is 20.8 Å². The number of amides is 2. The van der Waals surface area contributed by atoms with Gasteiger partial charge in [0.15, 0.2) is 5.76 Å². The third-order valence-electron chi connectivity index (χ3n) is 2.08. The second-order valence-corrected chi connectivity index (χ2v) is 4.24. The molecule has 2 heterocycles. The summed E-state index contributed by atoms with van der Waals surface area (Å²) in [5.41, 5.74) is 1.50. The fourth-order valence-corrected chi connectivity index (χ4v) is 1.63. The number of carbonyl (C=O) groups is 2. The van der Waals surface area contributed by atoms with Crippen LogP contribution >= 0.6 is 11.3 Å². The number of hydrogen-bond donors (Lipinski definition) is 2. The Morgan fingerprint density at radius 2 is 2.33 bits per heavy atom. The largest absolute Gasteiger partial charge is 0.459 e. The molecule has 2 aromatic rings. The Hall–Kier alpha value is -2.22. The van der Waals surface area contributed by atoms with Crippen molar-refractivity contribution in [1.29, 1.82) is 0 Å². The van der Waals surface area contributed by atoms with Crippen molar-refractivity contribution in [2.24, 2.45) is 0 Å². The number of rotatable bonds is 4. The lowest BCUT2D eigenvalue weighted by atomic mass is 10.3. The molecular weight excluding hydrogens is 256 g/mol. The molecule has 94 valence electrons. The average molecular weight is 266 g/mol. The van der Waals surface area contributed by atoms with Crippen LogP contribution in [0.15, 0.2) is 28.3 Å². The summed E-state index contributed by atoms with van der Waals surface area (Å²) in [5.74, 6) is -0.655. The molecule has 0 aliphatic rings. The molecule has 0 radical (unpaired) electrons. The molecule has 0 aromatic carbocycles. The zero-order chi connectivity index (χ0) is 13.0. The summed E-state index contributed by atoms with van der Waals surface area (Å²) in [7, 11) is 0. The van der Waals surface area contributed by atoms with Crippen LogP contribution in [0.1, 0.15) is 17.5 Å². The van der Waals surface area contributed by atoms with E-state index < -0.39 is 11.9 Å². The Bertz CT molecular complexity index is 523. The number of aromatic nitrogens is 2. The highest BCUT2D eigenvalue weighted by atomic mass is 32.1. The highest BCUT2D eigenvalue weighted by Gasteiger charge is 2.18. The maximum Gasteiger partial charge on any atom is 0.287 e. The average Bonchev–Trinajstić information content (AvgIpc) is 3.01. The van der Waals surface area contributed by atoms with Crippen LogP contribution in [0.5, 0.6) is 0 Å². The van der Waals surface area contributed by atoms with Crippen LogP contribution in [0.4, 0.5) is 5.13 Å². The van der Waals surface area contributed by atoms with Crippen LogP contribution in [-0.4, -0.2) is 28.1 Å². The molecule has 0 bridgehead atoms. The summed E-state index contributed by atoms with van der Waals surface area (Å²) in [5, 5.41) is 12.7. The molecule has 2 rings (SSSR count). The first-order chi connectivity index (χ1) is 8.66. The predicted octanol–water partition coefficient (Wildman–Crippen LogP) is 0.888. The van der Waals surface area contributed by atoms with E-state index in [4.69, 9.17) is 4.42 Å². The van der Waals surface area contributed by atoms with E-state index in [-0.39, 0.29) is 11.7 Å². The molecule has 0 aliphatic heterocycles. The Kier molecular flexibility index (Phi) is 3.68. The maximum atomic E-state index is 11.7. The van der Waals surface area contributed by atoms with E-state index in [1.807, 2.05) is 0 Å². The topological polar surface area (TPSA) is 97.1 Å². The Morgan fingerprint density at radius 1 is 1.50 bits per heavy atom. The third kappa shape index (κ3) is 2.92. The molecule has 2 amide bonds. The van der Waals surface area contributed by atoms with E-state index in [0.717, 1.165) is 0 Å². The number of nitrogens with one attached hydrogen (secondary N) is 2. The molecule has 0 spiro atoms. The van der Waals surface area contributed by atoms with Gasteiger partial charge in [-0.25, -0.2) is 0 Å². The van der Waals surface area contributed by atoms with Crippen LogP contribution in [-0.2, 0) is 4.79 Å². The van der Waals surface area contributed by atoms with Gasteiger partial charge in [-0.15, -0.1) is 10.2 Å². The Morgan fingerprint density at radius 3 is 2.94 bits per heavy atom. The minimum atomic E-state index is -0.702. The lowest BCUT2D eigenvalue weighted by Gasteiger charge is -2.11. The summed E-state index contributed by atoms with van der Waals surface area (Å²) in [6, 6.07) is 2.41. The normalized spacial score (nSPS) is 11.8. The van der Waals surface area contributed by atoms with Crippen LogP contribution < -0.4 is 10.6 Å². The van der Waals surface area contributed by atoms with Gasteiger partial charge in [-0.2, -0.15) is 0 Å². The van der Waals surface area contributed by atoms with Crippen molar-refractivity contribution in [2.45, 2.75) is 13.0 Å². The van der Waals surface area contributed by atoms with Gasteiger partial charge >= 0.3 is 0 Å². The van der Waals surface area contributed by atoms with Crippen molar-refractivity contribution in [3.05, 3.63) is 29.7 Å². The molecule has 0 unspecified atom stereocenters. The van der Waals surface area contributed by atoms with E-state index >= 15 is 0 Å². The first-order valence-corrected chi connectivity index (χ1v) is 5.96. The van der Waals surface area contributed by atoms with Crippen molar-refractivity contribution in [3.63, 3.8) is 0 Å². The van der Waals surface area contributed by atoms with E-state index in [1.165, 1.54) is 29.2 Å². The van der Waals surface area contributed by atoms with Gasteiger partial charge in [-0.05, 0) is 19.1 Å². The Labute approximate surface area is 106 Å². The second-order valence-electron chi connectivity index (χ2n) is 3.41. The summed E-state index contributed by atoms with van der Waals surface area (Å²) < 4.78 is 4.92. The second kappa shape index (κ2) is 5.41. The van der Waals surface area contributed by atoms with Crippen molar-refractivity contribution in [2.75, 3.05) is 5.32 Å². The summed E-state index contributed by atoms with van der Waals surface area (Å²) in [6.45, 7) is 1.57. The SMILES string of the molecule is C[C@H](NC(=O)c1ccco1)C(=O)Nc1nncs1. The zero-order valence-corrected chi connectivity index (χ0v) is 10.2. The van der Waals surface area contributed by atoms with Crippen LogP contribution in [0, 0.1) is 0 Å². The van der Waals surface area contributed by atoms with Gasteiger partial charge in [0, 0.05) is 0 Å². The van der Waals surface area contributed by atoms with Gasteiger partial charge in [0.05, 0.1) is 6.26 Å². The summed E-state index contributed by atoms with van der Waals surface area (Å²) in [4.78, 5) is 23.3. The zero-order valence-electron chi connectivity index (χ0n) is 9.41. The molecule has 0 saturated carbocycles. The molecule has 0 fully saturated rings. The van der Waals surface area contributed by atoms with Gasteiger partial charge in [0.2, 0.25) is 11.0 Å². The van der Waals surface area contributed by atoms with Gasteiger partial charge in [-0.3, -0.25) is 14.9 Å². The predicted molar refractivity (Wildman–Crippen MR) is 64.2 cm³/mol. The molecule has 0 aliphatic carbocycles. The molecule has 8 heteroatoms. The molecule has 1 atom stereocenters. The number of carbonyl (C=O) groups excluding carboxylic acids is 2. The first-order valence-electron chi connectivity index (χ1n) is 5.08. The number of nitrogens with zero attached hydrogens (tertiary/aromatic N) is 2. The van der Waals surface area contributed by atoms with Crippen molar-refractivity contribution >= 4 is 28.3 Å². The quantitative estimate of drug-likeness (QED) is 0.856. The fraction of sp³-hybridized carbons (Fsp3) is 0.200. The van der Waals surface area contributed by atoms with Crippen molar-refractivity contribution < 1.29 is 14.0 Å². The molecule has 7 nitrogen and oxygen atoms in total. The minimum Gasteiger partial charge on any atom is -0.459 e. The van der Waals surface area contributed by atoms with Crippen molar-refractivity contribution in [1.82, 2.24) is 15.5 Å². The lowest BCUT2D eigenvalue weighted by molar-refractivity contribution is -0.117. The number of hydrogen-bond acceptors (Lipinski definition) is 6. The number of anilines is 1.